The molecule has 1 atom stereocenters. The van der Waals surface area contributed by atoms with Gasteiger partial charge in [-0.15, -0.1) is 0 Å². The zero-order chi connectivity index (χ0) is 19.8. The van der Waals surface area contributed by atoms with Crippen LogP contribution >= 0.6 is 0 Å². The Balaban J connectivity index is 1.38. The molecule has 3 aliphatic heterocycles. The normalized spacial score (nSPS) is 27.9. The van der Waals surface area contributed by atoms with Gasteiger partial charge in [0.1, 0.15) is 0 Å². The topological polar surface area (TPSA) is 64.2 Å². The summed E-state index contributed by atoms with van der Waals surface area (Å²) in [5.74, 6) is 0.138. The fourth-order valence-corrected chi connectivity index (χ4v) is 6.29. The third kappa shape index (κ3) is 3.70. The maximum absolute atomic E-state index is 13.1. The molecule has 7 nitrogen and oxygen atoms in total. The lowest BCUT2D eigenvalue weighted by Crippen LogP contribution is -2.52. The monoisotopic (exact) mass is 406 g/mol. The van der Waals surface area contributed by atoms with Gasteiger partial charge in [-0.05, 0) is 31.9 Å². The summed E-state index contributed by atoms with van der Waals surface area (Å²) < 4.78 is 29.2. The standard InChI is InChI=1S/C20H30N4O3S/c1-21-13-15-23(16-14-21)28(26,27)24-12-9-20(17-24)8-11-22(19(20)25)10-7-18-5-3-2-4-6-18/h2-6H,7-17H2,1H3. The number of hydrogen-bond donors (Lipinski definition) is 0. The van der Waals surface area contributed by atoms with Gasteiger partial charge in [0.2, 0.25) is 5.91 Å². The zero-order valence-electron chi connectivity index (χ0n) is 16.6. The van der Waals surface area contributed by atoms with Gasteiger partial charge in [-0.3, -0.25) is 4.79 Å². The van der Waals surface area contributed by atoms with Gasteiger partial charge >= 0.3 is 0 Å². The van der Waals surface area contributed by atoms with Gasteiger partial charge in [0.05, 0.1) is 5.41 Å². The maximum atomic E-state index is 13.1. The fraction of sp³-hybridized carbons (Fsp3) is 0.650. The quantitative estimate of drug-likeness (QED) is 0.720. The highest BCUT2D eigenvalue weighted by Gasteiger charge is 2.53. The van der Waals surface area contributed by atoms with Gasteiger partial charge in [0.15, 0.2) is 0 Å². The lowest BCUT2D eigenvalue weighted by Gasteiger charge is -2.34. The number of carbonyl (C=O) groups excluding carboxylic acids is 1. The second kappa shape index (κ2) is 7.74. The van der Waals surface area contributed by atoms with Gasteiger partial charge in [-0.25, -0.2) is 0 Å². The molecule has 28 heavy (non-hydrogen) atoms. The minimum Gasteiger partial charge on any atom is -0.342 e. The average molecular weight is 407 g/mol. The Bertz CT molecular complexity index is 808. The van der Waals surface area contributed by atoms with Crippen molar-refractivity contribution in [1.29, 1.82) is 0 Å². The van der Waals surface area contributed by atoms with E-state index in [1.165, 1.54) is 5.56 Å². The van der Waals surface area contributed by atoms with Crippen molar-refractivity contribution in [1.82, 2.24) is 18.4 Å². The van der Waals surface area contributed by atoms with Gasteiger partial charge in [0, 0.05) is 52.4 Å². The second-order valence-corrected chi connectivity index (χ2v) is 10.3. The number of nitrogens with zero attached hydrogens (tertiary/aromatic N) is 4. The van der Waals surface area contributed by atoms with Crippen LogP contribution in [0.1, 0.15) is 18.4 Å². The van der Waals surface area contributed by atoms with Crippen molar-refractivity contribution in [3.05, 3.63) is 35.9 Å². The minimum atomic E-state index is -3.48. The van der Waals surface area contributed by atoms with E-state index in [4.69, 9.17) is 0 Å². The largest absolute Gasteiger partial charge is 0.342 e. The molecule has 0 aromatic heterocycles. The molecule has 1 amide bonds. The van der Waals surface area contributed by atoms with Crippen LogP contribution in [-0.4, -0.2) is 92.1 Å². The molecular formula is C20H30N4O3S. The minimum absolute atomic E-state index is 0.138. The van der Waals surface area contributed by atoms with Crippen LogP contribution in [0, 0.1) is 5.41 Å². The predicted octanol–water partition coefficient (Wildman–Crippen LogP) is 0.646. The number of amides is 1. The van der Waals surface area contributed by atoms with Crippen molar-refractivity contribution in [3.8, 4) is 0 Å². The molecule has 3 fully saturated rings. The highest BCUT2D eigenvalue weighted by molar-refractivity contribution is 7.86. The summed E-state index contributed by atoms with van der Waals surface area (Å²) in [6.45, 7) is 4.78. The molecule has 8 heteroatoms. The molecule has 3 heterocycles. The van der Waals surface area contributed by atoms with Crippen molar-refractivity contribution in [2.75, 3.05) is 59.4 Å². The smallest absolute Gasteiger partial charge is 0.282 e. The van der Waals surface area contributed by atoms with E-state index in [-0.39, 0.29) is 5.91 Å². The third-order valence-corrected chi connectivity index (χ3v) is 8.53. The maximum Gasteiger partial charge on any atom is 0.282 e. The van der Waals surface area contributed by atoms with Crippen LogP contribution in [0.5, 0.6) is 0 Å². The van der Waals surface area contributed by atoms with E-state index >= 15 is 0 Å². The van der Waals surface area contributed by atoms with Gasteiger partial charge in [-0.1, -0.05) is 30.3 Å². The number of benzene rings is 1. The number of rotatable bonds is 5. The number of carbonyl (C=O) groups is 1. The Kier molecular flexibility index (Phi) is 5.48. The predicted molar refractivity (Wildman–Crippen MR) is 108 cm³/mol. The van der Waals surface area contributed by atoms with Crippen molar-refractivity contribution < 1.29 is 13.2 Å². The molecule has 0 aliphatic carbocycles. The first-order chi connectivity index (χ1) is 13.4. The number of likely N-dealkylation sites (tertiary alicyclic amines) is 1. The number of likely N-dealkylation sites (N-methyl/N-ethyl adjacent to an activating group) is 1. The summed E-state index contributed by atoms with van der Waals surface area (Å²) >= 11 is 0. The van der Waals surface area contributed by atoms with E-state index in [0.29, 0.717) is 39.1 Å². The Morgan fingerprint density at radius 1 is 0.929 bits per heavy atom. The summed E-state index contributed by atoms with van der Waals surface area (Å²) in [6, 6.07) is 10.2. The van der Waals surface area contributed by atoms with Crippen LogP contribution in [0.25, 0.3) is 0 Å². The highest BCUT2D eigenvalue weighted by Crippen LogP contribution is 2.42. The molecule has 1 spiro atoms. The second-order valence-electron chi connectivity index (χ2n) is 8.35. The molecule has 1 unspecified atom stereocenters. The highest BCUT2D eigenvalue weighted by atomic mass is 32.2. The third-order valence-electron chi connectivity index (χ3n) is 6.55. The summed E-state index contributed by atoms with van der Waals surface area (Å²) in [5, 5.41) is 0. The van der Waals surface area contributed by atoms with Crippen LogP contribution in [0.15, 0.2) is 30.3 Å². The van der Waals surface area contributed by atoms with E-state index in [1.807, 2.05) is 30.1 Å². The molecule has 0 N–H and O–H groups in total. The zero-order valence-corrected chi connectivity index (χ0v) is 17.4. The van der Waals surface area contributed by atoms with E-state index in [2.05, 4.69) is 17.0 Å². The van der Waals surface area contributed by atoms with E-state index < -0.39 is 15.6 Å². The lowest BCUT2D eigenvalue weighted by molar-refractivity contribution is -0.135. The molecule has 0 bridgehead atoms. The molecule has 4 rings (SSSR count). The first kappa shape index (κ1) is 19.8. The van der Waals surface area contributed by atoms with E-state index in [9.17, 15) is 13.2 Å². The molecule has 0 saturated carbocycles. The van der Waals surface area contributed by atoms with E-state index in [1.54, 1.807) is 8.61 Å². The number of hydrogen-bond acceptors (Lipinski definition) is 4. The first-order valence-corrected chi connectivity index (χ1v) is 11.6. The molecular weight excluding hydrogens is 376 g/mol. The molecule has 154 valence electrons. The average Bonchev–Trinajstić information content (AvgIpc) is 3.27. The molecule has 1 aromatic carbocycles. The lowest BCUT2D eigenvalue weighted by atomic mass is 9.86. The van der Waals surface area contributed by atoms with E-state index in [0.717, 1.165) is 32.5 Å². The van der Waals surface area contributed by atoms with Crippen molar-refractivity contribution >= 4 is 16.1 Å². The Hall–Kier alpha value is -1.48. The Labute approximate surface area is 168 Å². The van der Waals surface area contributed by atoms with Crippen LogP contribution in [0.2, 0.25) is 0 Å². The van der Waals surface area contributed by atoms with Gasteiger partial charge < -0.3 is 9.80 Å². The molecule has 3 aliphatic rings. The fourth-order valence-electron chi connectivity index (χ4n) is 4.61. The van der Waals surface area contributed by atoms with Crippen LogP contribution in [0.4, 0.5) is 0 Å². The summed E-state index contributed by atoms with van der Waals surface area (Å²) in [5.41, 5.74) is 0.706. The van der Waals surface area contributed by atoms with Crippen molar-refractivity contribution in [2.45, 2.75) is 19.3 Å². The molecule has 3 saturated heterocycles. The van der Waals surface area contributed by atoms with Crippen LogP contribution < -0.4 is 0 Å². The number of piperazine rings is 1. The van der Waals surface area contributed by atoms with Gasteiger partial charge in [-0.2, -0.15) is 17.0 Å². The Morgan fingerprint density at radius 2 is 1.61 bits per heavy atom. The summed E-state index contributed by atoms with van der Waals surface area (Å²) in [4.78, 5) is 17.2. The van der Waals surface area contributed by atoms with Crippen LogP contribution in [0.3, 0.4) is 0 Å². The molecule has 0 radical (unpaired) electrons. The Morgan fingerprint density at radius 3 is 2.32 bits per heavy atom. The summed E-state index contributed by atoms with van der Waals surface area (Å²) in [6.07, 6.45) is 2.24. The van der Waals surface area contributed by atoms with Crippen LogP contribution in [-0.2, 0) is 21.4 Å². The first-order valence-electron chi connectivity index (χ1n) is 10.2. The van der Waals surface area contributed by atoms with Crippen molar-refractivity contribution in [2.24, 2.45) is 5.41 Å². The van der Waals surface area contributed by atoms with Crippen molar-refractivity contribution in [3.63, 3.8) is 0 Å². The SMILES string of the molecule is CN1CCN(S(=O)(=O)N2CCC3(CCN(CCc4ccccc4)C3=O)C2)CC1. The van der Waals surface area contributed by atoms with Gasteiger partial charge in [0.25, 0.3) is 10.2 Å². The summed E-state index contributed by atoms with van der Waals surface area (Å²) in [7, 11) is -1.47. The molecule has 1 aromatic rings.